The molecule has 14 heavy (non-hydrogen) atoms. The molecule has 0 aromatic rings. The first-order chi connectivity index (χ1) is 6.63. The molecule has 0 N–H and O–H groups in total. The summed E-state index contributed by atoms with van der Waals surface area (Å²) in [5, 5.41) is 0. The van der Waals surface area contributed by atoms with E-state index in [2.05, 4.69) is 9.64 Å². The van der Waals surface area contributed by atoms with Crippen molar-refractivity contribution in [1.29, 1.82) is 0 Å². The molecule has 0 aliphatic carbocycles. The molecule has 0 amide bonds. The summed E-state index contributed by atoms with van der Waals surface area (Å²) in [7, 11) is 3.35. The van der Waals surface area contributed by atoms with Crippen molar-refractivity contribution in [3.05, 3.63) is 0 Å². The van der Waals surface area contributed by atoms with Crippen molar-refractivity contribution in [2.75, 3.05) is 27.2 Å². The number of methoxy groups -OCH3 is 1. The molecular formula is C10H18FNO2. The van der Waals surface area contributed by atoms with Gasteiger partial charge in [-0.2, -0.15) is 0 Å². The molecular weight excluding hydrogens is 185 g/mol. The lowest BCUT2D eigenvalue weighted by atomic mass is 9.92. The van der Waals surface area contributed by atoms with Gasteiger partial charge in [0, 0.05) is 25.4 Å². The lowest BCUT2D eigenvalue weighted by Crippen LogP contribution is -2.39. The van der Waals surface area contributed by atoms with Gasteiger partial charge in [-0.05, 0) is 19.9 Å². The number of carbonyl (C=O) groups is 1. The SMILES string of the molecule is COC(=O)CCC1CN(C)CCC1F. The van der Waals surface area contributed by atoms with Crippen molar-refractivity contribution in [1.82, 2.24) is 4.90 Å². The molecule has 1 fully saturated rings. The van der Waals surface area contributed by atoms with Crippen LogP contribution in [0.2, 0.25) is 0 Å². The summed E-state index contributed by atoms with van der Waals surface area (Å²) in [4.78, 5) is 13.0. The van der Waals surface area contributed by atoms with Gasteiger partial charge in [0.05, 0.1) is 7.11 Å². The minimum Gasteiger partial charge on any atom is -0.469 e. The van der Waals surface area contributed by atoms with Gasteiger partial charge in [-0.25, -0.2) is 4.39 Å². The van der Waals surface area contributed by atoms with Gasteiger partial charge >= 0.3 is 5.97 Å². The molecule has 1 rings (SSSR count). The molecule has 1 heterocycles. The second kappa shape index (κ2) is 5.29. The van der Waals surface area contributed by atoms with E-state index >= 15 is 0 Å². The number of hydrogen-bond acceptors (Lipinski definition) is 3. The maximum atomic E-state index is 13.4. The van der Waals surface area contributed by atoms with E-state index in [0.717, 1.165) is 13.1 Å². The molecule has 0 bridgehead atoms. The molecule has 0 aromatic heterocycles. The van der Waals surface area contributed by atoms with E-state index < -0.39 is 6.17 Å². The van der Waals surface area contributed by atoms with E-state index in [1.807, 2.05) is 7.05 Å². The normalized spacial score (nSPS) is 28.8. The average Bonchev–Trinajstić information content (AvgIpc) is 2.19. The summed E-state index contributed by atoms with van der Waals surface area (Å²) < 4.78 is 17.9. The van der Waals surface area contributed by atoms with Crippen molar-refractivity contribution in [2.24, 2.45) is 5.92 Å². The third kappa shape index (κ3) is 3.25. The fraction of sp³-hybridized carbons (Fsp3) is 0.900. The number of carbonyl (C=O) groups excluding carboxylic acids is 1. The van der Waals surface area contributed by atoms with Gasteiger partial charge in [0.2, 0.25) is 0 Å². The highest BCUT2D eigenvalue weighted by molar-refractivity contribution is 5.69. The zero-order valence-electron chi connectivity index (χ0n) is 8.83. The first kappa shape index (κ1) is 11.4. The van der Waals surface area contributed by atoms with Crippen molar-refractivity contribution < 1.29 is 13.9 Å². The maximum absolute atomic E-state index is 13.4. The van der Waals surface area contributed by atoms with Crippen molar-refractivity contribution in [3.8, 4) is 0 Å². The van der Waals surface area contributed by atoms with Crippen LogP contribution < -0.4 is 0 Å². The van der Waals surface area contributed by atoms with Gasteiger partial charge in [0.25, 0.3) is 0 Å². The maximum Gasteiger partial charge on any atom is 0.305 e. The molecule has 2 unspecified atom stereocenters. The predicted octanol–water partition coefficient (Wildman–Crippen LogP) is 1.23. The van der Waals surface area contributed by atoms with E-state index in [4.69, 9.17) is 0 Å². The van der Waals surface area contributed by atoms with E-state index in [9.17, 15) is 9.18 Å². The number of alkyl halides is 1. The fourth-order valence-corrected chi connectivity index (χ4v) is 1.86. The standard InChI is InChI=1S/C10H18FNO2/c1-12-6-5-9(11)8(7-12)3-4-10(13)14-2/h8-9H,3-7H2,1-2H3. The quantitative estimate of drug-likeness (QED) is 0.646. The van der Waals surface area contributed by atoms with Crippen LogP contribution in [-0.4, -0.2) is 44.3 Å². The summed E-state index contributed by atoms with van der Waals surface area (Å²) in [6.07, 6.45) is 0.756. The first-order valence-electron chi connectivity index (χ1n) is 5.03. The van der Waals surface area contributed by atoms with Gasteiger partial charge in [0.15, 0.2) is 0 Å². The third-order valence-corrected chi connectivity index (χ3v) is 2.79. The Morgan fingerprint density at radius 1 is 1.64 bits per heavy atom. The Kier molecular flexibility index (Phi) is 4.32. The van der Waals surface area contributed by atoms with Gasteiger partial charge in [-0.15, -0.1) is 0 Å². The van der Waals surface area contributed by atoms with Crippen molar-refractivity contribution >= 4 is 5.97 Å². The fourth-order valence-electron chi connectivity index (χ4n) is 1.86. The lowest BCUT2D eigenvalue weighted by molar-refractivity contribution is -0.141. The van der Waals surface area contributed by atoms with Crippen molar-refractivity contribution in [2.45, 2.75) is 25.4 Å². The summed E-state index contributed by atoms with van der Waals surface area (Å²) in [5.41, 5.74) is 0. The van der Waals surface area contributed by atoms with Crippen LogP contribution in [0.5, 0.6) is 0 Å². The Morgan fingerprint density at radius 2 is 2.36 bits per heavy atom. The largest absolute Gasteiger partial charge is 0.469 e. The highest BCUT2D eigenvalue weighted by Crippen LogP contribution is 2.23. The van der Waals surface area contributed by atoms with E-state index in [1.165, 1.54) is 7.11 Å². The smallest absolute Gasteiger partial charge is 0.305 e. The Labute approximate surface area is 84.2 Å². The Morgan fingerprint density at radius 3 is 3.00 bits per heavy atom. The van der Waals surface area contributed by atoms with Crippen LogP contribution in [0.1, 0.15) is 19.3 Å². The summed E-state index contributed by atoms with van der Waals surface area (Å²) in [6.45, 7) is 1.56. The molecule has 82 valence electrons. The van der Waals surface area contributed by atoms with Crippen LogP contribution in [0, 0.1) is 5.92 Å². The molecule has 0 aromatic carbocycles. The van der Waals surface area contributed by atoms with E-state index in [1.54, 1.807) is 0 Å². The summed E-state index contributed by atoms with van der Waals surface area (Å²) in [6, 6.07) is 0. The zero-order chi connectivity index (χ0) is 10.6. The molecule has 1 saturated heterocycles. The number of rotatable bonds is 3. The average molecular weight is 203 g/mol. The summed E-state index contributed by atoms with van der Waals surface area (Å²) >= 11 is 0. The number of esters is 1. The van der Waals surface area contributed by atoms with Gasteiger partial charge in [0.1, 0.15) is 6.17 Å². The van der Waals surface area contributed by atoms with Gasteiger partial charge < -0.3 is 9.64 Å². The minimum absolute atomic E-state index is 0.00662. The molecule has 4 heteroatoms. The minimum atomic E-state index is -0.754. The van der Waals surface area contributed by atoms with Crippen LogP contribution in [0.4, 0.5) is 4.39 Å². The number of hydrogen-bond donors (Lipinski definition) is 0. The Balaban J connectivity index is 2.30. The predicted molar refractivity (Wildman–Crippen MR) is 51.8 cm³/mol. The first-order valence-corrected chi connectivity index (χ1v) is 5.03. The van der Waals surface area contributed by atoms with Gasteiger partial charge in [-0.1, -0.05) is 0 Å². The molecule has 1 aliphatic heterocycles. The number of nitrogens with zero attached hydrogens (tertiary/aromatic N) is 1. The molecule has 0 spiro atoms. The second-order valence-electron chi connectivity index (χ2n) is 3.94. The number of halogens is 1. The van der Waals surface area contributed by atoms with Crippen LogP contribution in [-0.2, 0) is 9.53 Å². The molecule has 0 radical (unpaired) electrons. The van der Waals surface area contributed by atoms with Gasteiger partial charge in [-0.3, -0.25) is 4.79 Å². The third-order valence-electron chi connectivity index (χ3n) is 2.79. The molecule has 3 nitrogen and oxygen atoms in total. The number of piperidine rings is 1. The van der Waals surface area contributed by atoms with Crippen LogP contribution in [0.25, 0.3) is 0 Å². The number of ether oxygens (including phenoxy) is 1. The van der Waals surface area contributed by atoms with E-state index in [0.29, 0.717) is 19.3 Å². The van der Waals surface area contributed by atoms with Crippen molar-refractivity contribution in [3.63, 3.8) is 0 Å². The Hall–Kier alpha value is -0.640. The zero-order valence-corrected chi connectivity index (χ0v) is 8.83. The van der Waals surface area contributed by atoms with Crippen LogP contribution in [0.15, 0.2) is 0 Å². The highest BCUT2D eigenvalue weighted by Gasteiger charge is 2.27. The molecule has 1 aliphatic rings. The lowest BCUT2D eigenvalue weighted by Gasteiger charge is -2.32. The Bertz CT molecular complexity index is 199. The van der Waals surface area contributed by atoms with Crippen LogP contribution in [0.3, 0.4) is 0 Å². The van der Waals surface area contributed by atoms with E-state index in [-0.39, 0.29) is 11.9 Å². The monoisotopic (exact) mass is 203 g/mol. The summed E-state index contributed by atoms with van der Waals surface area (Å²) in [5.74, 6) is -0.252. The molecule has 2 atom stereocenters. The second-order valence-corrected chi connectivity index (χ2v) is 3.94. The highest BCUT2D eigenvalue weighted by atomic mass is 19.1. The topological polar surface area (TPSA) is 29.5 Å². The number of likely N-dealkylation sites (tertiary alicyclic amines) is 1. The van der Waals surface area contributed by atoms with Crippen LogP contribution >= 0.6 is 0 Å². The molecule has 0 saturated carbocycles.